The topological polar surface area (TPSA) is 43.7 Å². The number of hydrogen-bond donors (Lipinski definition) is 0. The van der Waals surface area contributed by atoms with Gasteiger partial charge in [0.15, 0.2) is 0 Å². The molecular weight excluding hydrogens is 568 g/mol. The first-order chi connectivity index (χ1) is 13.9. The van der Waals surface area contributed by atoms with Crippen molar-refractivity contribution in [1.82, 2.24) is 0 Å². The van der Waals surface area contributed by atoms with E-state index in [0.717, 1.165) is 0 Å². The second-order valence-corrected chi connectivity index (χ2v) is 7.64. The van der Waals surface area contributed by atoms with Crippen molar-refractivity contribution < 1.29 is 25.2 Å². The first-order valence-corrected chi connectivity index (χ1v) is 10.3. The molecular formula is C24H19NOPReS-3. The van der Waals surface area contributed by atoms with Crippen LogP contribution in [0.15, 0.2) is 97.1 Å². The zero-order valence-electron chi connectivity index (χ0n) is 15.5. The molecule has 0 aliphatic carbocycles. The average molecular weight is 587 g/mol. The minimum absolute atomic E-state index is 0. The Morgan fingerprint density at radius 3 is 1.14 bits per heavy atom. The summed E-state index contributed by atoms with van der Waals surface area (Å²) < 4.78 is 7.25. The Morgan fingerprint density at radius 2 is 0.931 bits per heavy atom. The molecule has 4 aromatic rings. The van der Waals surface area contributed by atoms with E-state index in [1.165, 1.54) is 15.9 Å². The average Bonchev–Trinajstić information content (AvgIpc) is 3.39. The van der Waals surface area contributed by atoms with Crippen LogP contribution < -0.4 is 15.9 Å². The molecule has 0 bridgehead atoms. The maximum Gasteiger partial charge on any atom is 0.102 e. The Balaban J connectivity index is 0.000000667. The van der Waals surface area contributed by atoms with Gasteiger partial charge in [0, 0.05) is 20.4 Å². The van der Waals surface area contributed by atoms with Gasteiger partial charge in [-0.05, 0) is 36.4 Å². The van der Waals surface area contributed by atoms with Crippen molar-refractivity contribution >= 4 is 41.9 Å². The number of thiol groups is 1. The fourth-order valence-electron chi connectivity index (χ4n) is 2.49. The van der Waals surface area contributed by atoms with E-state index in [0.29, 0.717) is 0 Å². The van der Waals surface area contributed by atoms with Gasteiger partial charge >= 0.3 is 10.2 Å². The van der Waals surface area contributed by atoms with Crippen molar-refractivity contribution in [2.75, 3.05) is 0 Å². The van der Waals surface area contributed by atoms with Gasteiger partial charge < -0.3 is 30.3 Å². The van der Waals surface area contributed by atoms with E-state index >= 15 is 0 Å². The van der Waals surface area contributed by atoms with Gasteiger partial charge in [-0.3, -0.25) is 0 Å². The van der Waals surface area contributed by atoms with Gasteiger partial charge in [0.05, 0.1) is 7.92 Å². The number of hydrogen-bond acceptors (Lipinski definition) is 1. The van der Waals surface area contributed by atoms with Crippen LogP contribution in [0.2, 0.25) is 0 Å². The molecule has 0 fully saturated rings. The van der Waals surface area contributed by atoms with Crippen molar-refractivity contribution in [3.63, 3.8) is 0 Å². The molecule has 0 heterocycles. The van der Waals surface area contributed by atoms with Crippen molar-refractivity contribution in [1.29, 1.82) is 5.46 Å². The van der Waals surface area contributed by atoms with Crippen LogP contribution in [0.1, 0.15) is 0 Å². The van der Waals surface area contributed by atoms with Gasteiger partial charge in [0.2, 0.25) is 0 Å². The van der Waals surface area contributed by atoms with Crippen molar-refractivity contribution in [2.24, 2.45) is 0 Å². The van der Waals surface area contributed by atoms with Gasteiger partial charge in [-0.2, -0.15) is 5.87 Å². The zero-order chi connectivity index (χ0) is 20.5. The third kappa shape index (κ3) is 9.75. The molecule has 1 radical (unpaired) electrons. The standard InChI is InChI=1S/C18H15P.C5H.CH2S.NO.Re/c1-4-10-16(11-5-1)19(17-12-6-2-7-13-17)18-14-8-3-9-15-18;1-2-4-5-3-1;2*1-2;/h1-15H;1H;1-2H;;/q;-5;;+1;/p+1. The summed E-state index contributed by atoms with van der Waals surface area (Å²) in [6, 6.07) is 44.5. The molecule has 0 aliphatic rings. The summed E-state index contributed by atoms with van der Waals surface area (Å²) in [5.41, 5.74) is 5.75. The van der Waals surface area contributed by atoms with E-state index in [9.17, 15) is 0 Å². The van der Waals surface area contributed by atoms with E-state index in [1.807, 2.05) is 0 Å². The Labute approximate surface area is 193 Å². The van der Waals surface area contributed by atoms with Crippen LogP contribution in [0.4, 0.5) is 0 Å². The molecule has 0 aliphatic heterocycles. The zero-order valence-corrected chi connectivity index (χ0v) is 20.1. The summed E-state index contributed by atoms with van der Waals surface area (Å²) >= 11 is 3.03. The van der Waals surface area contributed by atoms with Gasteiger partial charge in [0.25, 0.3) is 0 Å². The molecule has 0 saturated carbocycles. The summed E-state index contributed by atoms with van der Waals surface area (Å²) in [6.45, 7) is 0. The number of rotatable bonds is 3. The molecule has 29 heavy (non-hydrogen) atoms. The van der Waals surface area contributed by atoms with Crippen LogP contribution in [-0.2, 0) is 37.4 Å². The fourth-order valence-corrected chi connectivity index (χ4v) is 5.07. The molecule has 5 heteroatoms. The van der Waals surface area contributed by atoms with Crippen molar-refractivity contribution in [2.45, 2.75) is 0 Å². The SMILES string of the molecule is N#[O+].[CH-]=[SH+].[Re].[c-]1[c-][c-][cH-][c-]1.c1ccc([PH+](c2ccccc2)c2ccccc2)cc1. The number of nitrogens with zero attached hydrogens (tertiary/aromatic N) is 1. The molecule has 0 saturated heterocycles. The Hall–Kier alpha value is -2.14. The molecule has 2 nitrogen and oxygen atoms in total. The van der Waals surface area contributed by atoms with E-state index in [2.05, 4.69) is 133 Å². The molecule has 0 unspecified atom stereocenters. The smallest absolute Gasteiger partial charge is 0.102 e. The summed E-state index contributed by atoms with van der Waals surface area (Å²) in [7, 11) is -0.877. The summed E-state index contributed by atoms with van der Waals surface area (Å²) in [6.07, 6.45) is 0. The molecule has 0 N–H and O–H groups in total. The molecule has 4 aromatic carbocycles. The summed E-state index contributed by atoms with van der Waals surface area (Å²) in [4.78, 5) is 0. The molecule has 0 aromatic heterocycles. The monoisotopic (exact) mass is 587 g/mol. The van der Waals surface area contributed by atoms with Crippen LogP contribution >= 0.6 is 7.92 Å². The summed E-state index contributed by atoms with van der Waals surface area (Å²) in [5.74, 6) is 4.19. The molecule has 4 rings (SSSR count). The Morgan fingerprint density at radius 1 is 0.655 bits per heavy atom. The van der Waals surface area contributed by atoms with Crippen LogP contribution in [0, 0.1) is 29.7 Å². The van der Waals surface area contributed by atoms with Crippen molar-refractivity contribution in [3.05, 3.63) is 121 Å². The molecule has 0 spiro atoms. The third-order valence-electron chi connectivity index (χ3n) is 3.54. The Kier molecular flexibility index (Phi) is 16.6. The molecule has 147 valence electrons. The minimum Gasteiger partial charge on any atom is -0.999 e. The normalized spacial score (nSPS) is 8.52. The molecule has 0 amide bonds. The number of benzene rings is 3. The second kappa shape index (κ2) is 17.9. The van der Waals surface area contributed by atoms with Crippen molar-refractivity contribution in [3.8, 4) is 0 Å². The van der Waals surface area contributed by atoms with Gasteiger partial charge in [0.1, 0.15) is 15.9 Å². The minimum atomic E-state index is -0.877. The van der Waals surface area contributed by atoms with Crippen LogP contribution in [0.5, 0.6) is 0 Å². The van der Waals surface area contributed by atoms with Crippen LogP contribution in [0.3, 0.4) is 0 Å². The third-order valence-corrected chi connectivity index (χ3v) is 6.27. The van der Waals surface area contributed by atoms with E-state index < -0.39 is 7.92 Å². The predicted octanol–water partition coefficient (Wildman–Crippen LogP) is 3.25. The van der Waals surface area contributed by atoms with Gasteiger partial charge in [-0.25, -0.2) is 0 Å². The maximum absolute atomic E-state index is 7.25. The van der Waals surface area contributed by atoms with E-state index in [4.69, 9.17) is 10.2 Å². The van der Waals surface area contributed by atoms with Crippen LogP contribution in [-0.4, -0.2) is 5.87 Å². The van der Waals surface area contributed by atoms with Gasteiger partial charge in [-0.1, -0.05) is 66.8 Å². The fraction of sp³-hybridized carbons (Fsp3) is 0. The van der Waals surface area contributed by atoms with Gasteiger partial charge in [-0.15, -0.1) is 0 Å². The maximum atomic E-state index is 7.25. The van der Waals surface area contributed by atoms with Crippen LogP contribution in [0.25, 0.3) is 0 Å². The second-order valence-electron chi connectivity index (χ2n) is 5.16. The predicted molar refractivity (Wildman–Crippen MR) is 121 cm³/mol. The first kappa shape index (κ1) is 26.9. The van der Waals surface area contributed by atoms with E-state index in [1.54, 1.807) is 6.07 Å². The Bertz CT molecular complexity index is 761. The quantitative estimate of drug-likeness (QED) is 0.120. The van der Waals surface area contributed by atoms with E-state index in [-0.39, 0.29) is 20.4 Å². The summed E-state index contributed by atoms with van der Waals surface area (Å²) in [5, 5.41) is 4.31. The largest absolute Gasteiger partial charge is 0.999 e. The first-order valence-electron chi connectivity index (χ1n) is 8.25. The molecule has 0 atom stereocenters.